The van der Waals surface area contributed by atoms with E-state index in [0.29, 0.717) is 23.7 Å². The van der Waals surface area contributed by atoms with Crippen LogP contribution in [0.2, 0.25) is 5.02 Å². The minimum absolute atomic E-state index is 0.0546. The van der Waals surface area contributed by atoms with Crippen molar-refractivity contribution in [2.75, 3.05) is 37.6 Å². The minimum atomic E-state index is -0.262. The third-order valence-corrected chi connectivity index (χ3v) is 5.83. The molecule has 9 heteroatoms. The smallest absolute Gasteiger partial charge is 0.257 e. The highest BCUT2D eigenvalue weighted by atomic mass is 35.5. The molecule has 3 aromatic rings. The average molecular weight is 440 g/mol. The predicted octanol–water partition coefficient (Wildman–Crippen LogP) is 3.42. The van der Waals surface area contributed by atoms with E-state index in [1.54, 1.807) is 23.7 Å². The number of pyridine rings is 1. The summed E-state index contributed by atoms with van der Waals surface area (Å²) in [4.78, 5) is 21.9. The lowest BCUT2D eigenvalue weighted by Gasteiger charge is -2.35. The van der Waals surface area contributed by atoms with Crippen LogP contribution in [0.15, 0.2) is 69.1 Å². The number of piperazine rings is 1. The van der Waals surface area contributed by atoms with Crippen molar-refractivity contribution in [3.8, 4) is 0 Å². The molecule has 0 N–H and O–H groups in total. The van der Waals surface area contributed by atoms with E-state index in [2.05, 4.69) is 19.9 Å². The fourth-order valence-corrected chi connectivity index (χ4v) is 4.10. The largest absolute Gasteiger partial charge is 0.467 e. The van der Waals surface area contributed by atoms with Crippen molar-refractivity contribution in [3.05, 3.63) is 71.7 Å². The average Bonchev–Trinajstić information content (AvgIpc) is 3.56. The topological polar surface area (TPSA) is 78.3 Å². The zero-order chi connectivity index (χ0) is 21.2. The molecule has 0 radical (unpaired) electrons. The number of carbonyl (C=O) groups excluding carboxylic acids is 1. The van der Waals surface area contributed by atoms with Crippen molar-refractivity contribution < 1.29 is 13.6 Å². The van der Waals surface area contributed by atoms with Crippen LogP contribution in [0, 0.1) is 0 Å². The number of rotatable bonds is 5. The highest BCUT2D eigenvalue weighted by Gasteiger charge is 2.36. The molecule has 0 aliphatic carbocycles. The second kappa shape index (κ2) is 8.56. The van der Waals surface area contributed by atoms with Crippen molar-refractivity contribution >= 4 is 29.0 Å². The number of furan rings is 2. The molecule has 0 aromatic carbocycles. The van der Waals surface area contributed by atoms with Gasteiger partial charge in [-0.05, 0) is 36.4 Å². The lowest BCUT2D eigenvalue weighted by atomic mass is 10.1. The van der Waals surface area contributed by atoms with Gasteiger partial charge in [-0.25, -0.2) is 9.99 Å². The van der Waals surface area contributed by atoms with Crippen LogP contribution in [0.25, 0.3) is 0 Å². The number of amides is 1. The minimum Gasteiger partial charge on any atom is -0.467 e. The van der Waals surface area contributed by atoms with Crippen LogP contribution < -0.4 is 4.90 Å². The van der Waals surface area contributed by atoms with Gasteiger partial charge in [0, 0.05) is 38.8 Å². The molecule has 0 spiro atoms. The Morgan fingerprint density at radius 1 is 1.06 bits per heavy atom. The highest BCUT2D eigenvalue weighted by Crippen LogP contribution is 2.33. The van der Waals surface area contributed by atoms with E-state index in [1.807, 2.05) is 36.4 Å². The fraction of sp³-hybridized carbons (Fsp3) is 0.318. The molecule has 1 unspecified atom stereocenters. The van der Waals surface area contributed by atoms with Gasteiger partial charge in [0.1, 0.15) is 29.1 Å². The van der Waals surface area contributed by atoms with Crippen LogP contribution in [0.3, 0.4) is 0 Å². The molecule has 1 fully saturated rings. The number of anilines is 1. The van der Waals surface area contributed by atoms with Gasteiger partial charge in [-0.2, -0.15) is 5.10 Å². The monoisotopic (exact) mass is 439 g/mol. The summed E-state index contributed by atoms with van der Waals surface area (Å²) in [6.07, 6.45) is 5.44. The zero-order valence-corrected chi connectivity index (χ0v) is 17.6. The molecule has 5 rings (SSSR count). The first-order valence-electron chi connectivity index (χ1n) is 10.2. The molecule has 1 atom stereocenters. The quantitative estimate of drug-likeness (QED) is 0.606. The molecule has 1 saturated heterocycles. The van der Waals surface area contributed by atoms with E-state index in [-0.39, 0.29) is 11.9 Å². The van der Waals surface area contributed by atoms with Crippen LogP contribution >= 0.6 is 11.6 Å². The normalized spacial score (nSPS) is 19.6. The van der Waals surface area contributed by atoms with E-state index in [0.717, 1.165) is 43.5 Å². The van der Waals surface area contributed by atoms with Crippen LogP contribution in [0.1, 0.15) is 24.0 Å². The number of hydrazone groups is 1. The number of halogens is 1. The lowest BCUT2D eigenvalue weighted by Crippen LogP contribution is -2.49. The predicted molar refractivity (Wildman–Crippen MR) is 116 cm³/mol. The number of carbonyl (C=O) groups is 1. The molecule has 2 aliphatic rings. The first kappa shape index (κ1) is 19.8. The summed E-state index contributed by atoms with van der Waals surface area (Å²) in [6, 6.07) is 10.9. The summed E-state index contributed by atoms with van der Waals surface area (Å²) >= 11 is 5.93. The van der Waals surface area contributed by atoms with E-state index in [4.69, 9.17) is 20.4 Å². The van der Waals surface area contributed by atoms with Gasteiger partial charge in [-0.1, -0.05) is 11.6 Å². The third-order valence-electron chi connectivity index (χ3n) is 5.61. The Hall–Kier alpha value is -3.10. The van der Waals surface area contributed by atoms with E-state index in [1.165, 1.54) is 0 Å². The summed E-state index contributed by atoms with van der Waals surface area (Å²) in [7, 11) is 0. The second-order valence-electron chi connectivity index (χ2n) is 7.60. The van der Waals surface area contributed by atoms with Gasteiger partial charge in [-0.3, -0.25) is 9.69 Å². The maximum atomic E-state index is 13.2. The van der Waals surface area contributed by atoms with Gasteiger partial charge >= 0.3 is 0 Å². The van der Waals surface area contributed by atoms with Gasteiger partial charge in [0.05, 0.1) is 24.1 Å². The van der Waals surface area contributed by atoms with E-state index >= 15 is 0 Å². The number of hydrogen-bond acceptors (Lipinski definition) is 7. The molecule has 0 bridgehead atoms. The molecule has 1 amide bonds. The van der Waals surface area contributed by atoms with Crippen LogP contribution in [0.5, 0.6) is 0 Å². The highest BCUT2D eigenvalue weighted by molar-refractivity contribution is 6.30. The van der Waals surface area contributed by atoms with Crippen molar-refractivity contribution in [3.63, 3.8) is 0 Å². The Balaban J connectivity index is 1.25. The Labute approximate surface area is 184 Å². The fourth-order valence-electron chi connectivity index (χ4n) is 3.99. The summed E-state index contributed by atoms with van der Waals surface area (Å²) < 4.78 is 11.1. The summed E-state index contributed by atoms with van der Waals surface area (Å²) in [6.45, 7) is 3.43. The van der Waals surface area contributed by atoms with E-state index in [9.17, 15) is 4.79 Å². The number of aromatic nitrogens is 1. The molecule has 0 saturated carbocycles. The molecule has 8 nitrogen and oxygen atoms in total. The molecule has 2 aliphatic heterocycles. The number of nitrogens with zero attached hydrogens (tertiary/aromatic N) is 5. The Morgan fingerprint density at radius 2 is 1.87 bits per heavy atom. The molecular formula is C22H22ClN5O3. The first-order chi connectivity index (χ1) is 15.2. The Morgan fingerprint density at radius 3 is 2.55 bits per heavy atom. The van der Waals surface area contributed by atoms with Crippen LogP contribution in [-0.2, 0) is 4.79 Å². The van der Waals surface area contributed by atoms with Crippen molar-refractivity contribution in [1.82, 2.24) is 14.9 Å². The molecule has 160 valence electrons. The standard InChI is InChI=1S/C22H22ClN5O3/c23-16-5-6-21(24-14-16)27-9-7-26(8-10-27)15-22(29)28-18(20-4-2-12-31-20)13-17(25-28)19-3-1-11-30-19/h1-6,11-12,14,18H,7-10,13,15H2. The lowest BCUT2D eigenvalue weighted by molar-refractivity contribution is -0.134. The van der Waals surface area contributed by atoms with Crippen LogP contribution in [-0.4, -0.2) is 59.2 Å². The molecule has 5 heterocycles. The second-order valence-corrected chi connectivity index (χ2v) is 8.03. The Bertz CT molecular complexity index is 1040. The summed E-state index contributed by atoms with van der Waals surface area (Å²) in [5.41, 5.74) is 0.749. The molecule has 31 heavy (non-hydrogen) atoms. The zero-order valence-electron chi connectivity index (χ0n) is 16.9. The SMILES string of the molecule is O=C(CN1CCN(c2ccc(Cl)cn2)CC1)N1N=C(c2ccco2)CC1c1ccco1. The summed E-state index contributed by atoms with van der Waals surface area (Å²) in [5.74, 6) is 2.25. The van der Waals surface area contributed by atoms with Gasteiger partial charge in [0.15, 0.2) is 0 Å². The van der Waals surface area contributed by atoms with Crippen molar-refractivity contribution in [2.45, 2.75) is 12.5 Å². The molecular weight excluding hydrogens is 418 g/mol. The Kier molecular flexibility index (Phi) is 5.48. The van der Waals surface area contributed by atoms with Gasteiger partial charge in [0.25, 0.3) is 5.91 Å². The number of hydrogen-bond donors (Lipinski definition) is 0. The first-order valence-corrected chi connectivity index (χ1v) is 10.6. The maximum absolute atomic E-state index is 13.2. The van der Waals surface area contributed by atoms with Gasteiger partial charge in [0.2, 0.25) is 0 Å². The molecule has 3 aromatic heterocycles. The van der Waals surface area contributed by atoms with Crippen LogP contribution in [0.4, 0.5) is 5.82 Å². The van der Waals surface area contributed by atoms with Gasteiger partial charge in [-0.15, -0.1) is 0 Å². The summed E-state index contributed by atoms with van der Waals surface area (Å²) in [5, 5.41) is 6.76. The van der Waals surface area contributed by atoms with Gasteiger partial charge < -0.3 is 13.7 Å². The van der Waals surface area contributed by atoms with Crippen molar-refractivity contribution in [1.29, 1.82) is 0 Å². The van der Waals surface area contributed by atoms with Crippen molar-refractivity contribution in [2.24, 2.45) is 5.10 Å². The third kappa shape index (κ3) is 4.22. The van der Waals surface area contributed by atoms with E-state index < -0.39 is 0 Å². The maximum Gasteiger partial charge on any atom is 0.257 e.